The number of anilines is 1. The van der Waals surface area contributed by atoms with E-state index in [2.05, 4.69) is 20.0 Å². The van der Waals surface area contributed by atoms with Crippen molar-refractivity contribution in [3.63, 3.8) is 0 Å². The number of guanidine groups is 1. The lowest BCUT2D eigenvalue weighted by Crippen LogP contribution is -2.41. The number of fused-ring (bicyclic) bond motifs is 1. The Balaban J connectivity index is 1.78. The van der Waals surface area contributed by atoms with Crippen LogP contribution in [0.2, 0.25) is 10.0 Å². The number of sulfonamides is 1. The van der Waals surface area contributed by atoms with Crippen molar-refractivity contribution < 1.29 is 21.9 Å². The molecule has 0 radical (unpaired) electrons. The number of pyridine rings is 1. The van der Waals surface area contributed by atoms with Crippen LogP contribution in [0.1, 0.15) is 5.69 Å². The van der Waals surface area contributed by atoms with Gasteiger partial charge in [-0.25, -0.2) is 26.9 Å². The number of aromatic nitrogens is 1. The van der Waals surface area contributed by atoms with Crippen LogP contribution >= 0.6 is 23.2 Å². The molecule has 2 aromatic carbocycles. The van der Waals surface area contributed by atoms with Crippen molar-refractivity contribution in [2.24, 2.45) is 4.99 Å². The van der Waals surface area contributed by atoms with E-state index < -0.39 is 32.4 Å². The summed E-state index contributed by atoms with van der Waals surface area (Å²) in [4.78, 5) is 7.49. The van der Waals surface area contributed by atoms with Gasteiger partial charge in [-0.2, -0.15) is 0 Å². The number of aliphatic imine (C=N–C) groups is 1. The standard InChI is InChI=1S/C19H12Cl2F2N4O3S/c20-10-4-1-2-6-14(10)30-18-16(23)11(21)8-15-17(18)26-19(27-31(15,28)29)25-9-13-12(22)5-3-7-24-13/h1-8H,9H2,(H2,25,26,27). The van der Waals surface area contributed by atoms with Crippen molar-refractivity contribution in [2.45, 2.75) is 11.4 Å². The third-order valence-corrected chi connectivity index (χ3v) is 6.12. The van der Waals surface area contributed by atoms with Crippen molar-refractivity contribution in [1.29, 1.82) is 0 Å². The van der Waals surface area contributed by atoms with Crippen molar-refractivity contribution in [3.05, 3.63) is 76.0 Å². The highest BCUT2D eigenvalue weighted by Gasteiger charge is 2.33. The molecule has 31 heavy (non-hydrogen) atoms. The van der Waals surface area contributed by atoms with Crippen molar-refractivity contribution in [3.8, 4) is 11.5 Å². The van der Waals surface area contributed by atoms with Gasteiger partial charge in [0.2, 0.25) is 5.96 Å². The predicted octanol–water partition coefficient (Wildman–Crippen LogP) is 4.72. The molecule has 1 aliphatic heterocycles. The molecule has 2 N–H and O–H groups in total. The molecule has 0 fully saturated rings. The maximum atomic E-state index is 14.8. The molecule has 3 aromatic rings. The first kappa shape index (κ1) is 21.3. The lowest BCUT2D eigenvalue weighted by atomic mass is 10.2. The van der Waals surface area contributed by atoms with Gasteiger partial charge in [-0.15, -0.1) is 0 Å². The normalized spacial score (nSPS) is 15.7. The zero-order chi connectivity index (χ0) is 22.2. The summed E-state index contributed by atoms with van der Waals surface area (Å²) >= 11 is 12.0. The molecular weight excluding hydrogens is 473 g/mol. The summed E-state index contributed by atoms with van der Waals surface area (Å²) in [5, 5.41) is 2.37. The highest BCUT2D eigenvalue weighted by atomic mass is 35.5. The van der Waals surface area contributed by atoms with Gasteiger partial charge in [0.15, 0.2) is 11.6 Å². The van der Waals surface area contributed by atoms with Gasteiger partial charge in [0.05, 0.1) is 22.3 Å². The largest absolute Gasteiger partial charge is 0.450 e. The predicted molar refractivity (Wildman–Crippen MR) is 112 cm³/mol. The average Bonchev–Trinajstić information content (AvgIpc) is 2.72. The molecule has 1 aliphatic rings. The molecule has 12 heteroatoms. The summed E-state index contributed by atoms with van der Waals surface area (Å²) in [6.07, 6.45) is 1.37. The molecule has 0 unspecified atom stereocenters. The van der Waals surface area contributed by atoms with Gasteiger partial charge in [-0.1, -0.05) is 35.3 Å². The molecule has 0 aliphatic carbocycles. The molecule has 4 rings (SSSR count). The maximum Gasteiger partial charge on any atom is 0.266 e. The molecule has 160 valence electrons. The van der Waals surface area contributed by atoms with Crippen molar-refractivity contribution in [2.75, 3.05) is 5.32 Å². The number of hydrogen-bond donors (Lipinski definition) is 2. The summed E-state index contributed by atoms with van der Waals surface area (Å²) in [5.74, 6) is -2.29. The van der Waals surface area contributed by atoms with Crippen LogP contribution in [-0.2, 0) is 16.6 Å². The van der Waals surface area contributed by atoms with Crippen LogP contribution in [-0.4, -0.2) is 19.4 Å². The van der Waals surface area contributed by atoms with E-state index in [-0.39, 0.29) is 39.6 Å². The van der Waals surface area contributed by atoms with Crippen LogP contribution in [0.3, 0.4) is 0 Å². The fourth-order valence-corrected chi connectivity index (χ4v) is 4.33. The van der Waals surface area contributed by atoms with E-state index in [1.54, 1.807) is 12.1 Å². The summed E-state index contributed by atoms with van der Waals surface area (Å²) in [7, 11) is -4.19. The first-order valence-corrected chi connectivity index (χ1v) is 10.9. The van der Waals surface area contributed by atoms with Gasteiger partial charge in [-0.05, 0) is 30.3 Å². The van der Waals surface area contributed by atoms with Gasteiger partial charge in [0.1, 0.15) is 22.1 Å². The number of hydrogen-bond acceptors (Lipinski definition) is 5. The second-order valence-corrected chi connectivity index (χ2v) is 8.70. The maximum absolute atomic E-state index is 14.8. The Bertz CT molecular complexity index is 1320. The Kier molecular flexibility index (Phi) is 5.69. The smallest absolute Gasteiger partial charge is 0.266 e. The first-order valence-electron chi connectivity index (χ1n) is 8.64. The van der Waals surface area contributed by atoms with Crippen LogP contribution in [0, 0.1) is 11.6 Å². The molecule has 0 spiro atoms. The summed E-state index contributed by atoms with van der Waals surface area (Å²) in [5.41, 5.74) is -0.238. The first-order chi connectivity index (χ1) is 14.8. The Labute approximate surface area is 185 Å². The van der Waals surface area contributed by atoms with Crippen LogP contribution in [0.5, 0.6) is 11.5 Å². The zero-order valence-corrected chi connectivity index (χ0v) is 17.7. The quantitative estimate of drug-likeness (QED) is 0.558. The van der Waals surface area contributed by atoms with Gasteiger partial charge in [0, 0.05) is 6.20 Å². The molecule has 0 amide bonds. The number of nitrogens with zero attached hydrogens (tertiary/aromatic N) is 2. The SMILES string of the molecule is O=S1(=O)NC(=NCc2ncccc2F)Nc2c1cc(Cl)c(F)c2Oc1ccccc1Cl. The fourth-order valence-electron chi connectivity index (χ4n) is 2.73. The number of rotatable bonds is 4. The molecule has 1 aromatic heterocycles. The Hall–Kier alpha value is -2.95. The topological polar surface area (TPSA) is 92.7 Å². The van der Waals surface area contributed by atoms with E-state index in [4.69, 9.17) is 27.9 Å². The Morgan fingerprint density at radius 3 is 2.61 bits per heavy atom. The number of ether oxygens (including phenoxy) is 1. The lowest BCUT2D eigenvalue weighted by molar-refractivity contribution is 0.443. The Morgan fingerprint density at radius 2 is 1.87 bits per heavy atom. The summed E-state index contributed by atoms with van der Waals surface area (Å²) in [6.45, 7) is -0.274. The molecule has 0 bridgehead atoms. The minimum Gasteiger partial charge on any atom is -0.450 e. The summed E-state index contributed by atoms with van der Waals surface area (Å²) in [6, 6.07) is 9.80. The highest BCUT2D eigenvalue weighted by Crippen LogP contribution is 2.43. The lowest BCUT2D eigenvalue weighted by Gasteiger charge is -2.24. The van der Waals surface area contributed by atoms with E-state index in [1.165, 1.54) is 30.5 Å². The van der Waals surface area contributed by atoms with Crippen LogP contribution in [0.15, 0.2) is 58.5 Å². The monoisotopic (exact) mass is 484 g/mol. The van der Waals surface area contributed by atoms with Gasteiger partial charge >= 0.3 is 0 Å². The number of benzene rings is 2. The van der Waals surface area contributed by atoms with E-state index >= 15 is 0 Å². The van der Waals surface area contributed by atoms with Crippen LogP contribution in [0.25, 0.3) is 0 Å². The number of nitrogens with one attached hydrogen (secondary N) is 2. The summed E-state index contributed by atoms with van der Waals surface area (Å²) < 4.78 is 61.8. The number of halogens is 4. The van der Waals surface area contributed by atoms with E-state index in [0.29, 0.717) is 0 Å². The van der Waals surface area contributed by atoms with E-state index in [1.807, 2.05) is 0 Å². The molecule has 0 saturated carbocycles. The minimum atomic E-state index is -4.19. The van der Waals surface area contributed by atoms with Gasteiger partial charge in [0.25, 0.3) is 10.0 Å². The van der Waals surface area contributed by atoms with Crippen LogP contribution < -0.4 is 14.8 Å². The third kappa shape index (κ3) is 4.27. The van der Waals surface area contributed by atoms with Gasteiger partial charge in [-0.3, -0.25) is 4.98 Å². The second-order valence-electron chi connectivity index (χ2n) is 6.23. The highest BCUT2D eigenvalue weighted by molar-refractivity contribution is 7.90. The molecule has 0 atom stereocenters. The Morgan fingerprint density at radius 1 is 1.10 bits per heavy atom. The molecular formula is C19H12Cl2F2N4O3S. The third-order valence-electron chi connectivity index (χ3n) is 4.17. The number of para-hydroxylation sites is 1. The van der Waals surface area contributed by atoms with Crippen LogP contribution in [0.4, 0.5) is 14.5 Å². The van der Waals surface area contributed by atoms with E-state index in [9.17, 15) is 17.2 Å². The average molecular weight is 485 g/mol. The fraction of sp³-hybridized carbons (Fsp3) is 0.0526. The minimum absolute atomic E-state index is 0.00313. The molecule has 2 heterocycles. The van der Waals surface area contributed by atoms with E-state index in [0.717, 1.165) is 6.07 Å². The zero-order valence-electron chi connectivity index (χ0n) is 15.4. The van der Waals surface area contributed by atoms with Gasteiger partial charge < -0.3 is 10.1 Å². The van der Waals surface area contributed by atoms with Crippen molar-refractivity contribution >= 4 is 44.9 Å². The molecule has 7 nitrogen and oxygen atoms in total. The molecule has 0 saturated heterocycles. The van der Waals surface area contributed by atoms with Crippen molar-refractivity contribution in [1.82, 2.24) is 9.71 Å². The second kappa shape index (κ2) is 8.29.